The van der Waals surface area contributed by atoms with Crippen LogP contribution in [0.25, 0.3) is 0 Å². The number of hydrogen-bond acceptors (Lipinski definition) is 4. The molecule has 0 heterocycles. The maximum atomic E-state index is 13.8. The number of nitro benzene ring substituents is 1. The Labute approximate surface area is 114 Å². The summed E-state index contributed by atoms with van der Waals surface area (Å²) in [5.41, 5.74) is 6.47. The summed E-state index contributed by atoms with van der Waals surface area (Å²) in [7, 11) is 0. The van der Waals surface area contributed by atoms with Gasteiger partial charge in [-0.25, -0.2) is 4.39 Å². The Hall–Kier alpha value is -2.47. The van der Waals surface area contributed by atoms with Crippen LogP contribution in [-0.2, 0) is 6.54 Å². The summed E-state index contributed by atoms with van der Waals surface area (Å²) < 4.78 is 19.2. The first-order valence-electron chi connectivity index (χ1n) is 5.92. The zero-order valence-electron chi connectivity index (χ0n) is 10.8. The van der Waals surface area contributed by atoms with E-state index in [9.17, 15) is 14.5 Å². The number of hydrogen-bond donors (Lipinski definition) is 1. The van der Waals surface area contributed by atoms with Gasteiger partial charge in [0.05, 0.1) is 11.0 Å². The smallest absolute Gasteiger partial charge is 0.275 e. The zero-order chi connectivity index (χ0) is 14.7. The van der Waals surface area contributed by atoms with Crippen molar-refractivity contribution in [3.8, 4) is 11.5 Å². The number of rotatable bonds is 4. The van der Waals surface area contributed by atoms with Crippen LogP contribution in [0.2, 0.25) is 0 Å². The van der Waals surface area contributed by atoms with E-state index in [1.807, 2.05) is 0 Å². The van der Waals surface area contributed by atoms with E-state index in [0.717, 1.165) is 11.6 Å². The average molecular weight is 276 g/mol. The number of nitro groups is 1. The molecule has 0 amide bonds. The lowest BCUT2D eigenvalue weighted by Crippen LogP contribution is -1.97. The van der Waals surface area contributed by atoms with Gasteiger partial charge < -0.3 is 10.5 Å². The molecule has 0 radical (unpaired) electrons. The first-order chi connectivity index (χ1) is 9.51. The van der Waals surface area contributed by atoms with Crippen molar-refractivity contribution in [3.05, 3.63) is 63.5 Å². The molecule has 104 valence electrons. The van der Waals surface area contributed by atoms with Crippen LogP contribution >= 0.6 is 0 Å². The molecule has 0 fully saturated rings. The van der Waals surface area contributed by atoms with Gasteiger partial charge >= 0.3 is 0 Å². The zero-order valence-corrected chi connectivity index (χ0v) is 10.8. The summed E-state index contributed by atoms with van der Waals surface area (Å²) >= 11 is 0. The molecule has 20 heavy (non-hydrogen) atoms. The van der Waals surface area contributed by atoms with E-state index in [2.05, 4.69) is 0 Å². The summed E-state index contributed by atoms with van der Waals surface area (Å²) in [5, 5.41) is 10.7. The quantitative estimate of drug-likeness (QED) is 0.686. The molecular formula is C14H13FN2O3. The number of nitrogens with zero attached hydrogens (tertiary/aromatic N) is 1. The average Bonchev–Trinajstić information content (AvgIpc) is 2.43. The molecule has 0 atom stereocenters. The van der Waals surface area contributed by atoms with E-state index >= 15 is 0 Å². The molecule has 5 nitrogen and oxygen atoms in total. The van der Waals surface area contributed by atoms with Crippen LogP contribution in [0.15, 0.2) is 36.4 Å². The third-order valence-corrected chi connectivity index (χ3v) is 2.83. The molecule has 0 bridgehead atoms. The fourth-order valence-electron chi connectivity index (χ4n) is 1.74. The van der Waals surface area contributed by atoms with Crippen molar-refractivity contribution in [2.24, 2.45) is 5.73 Å². The third kappa shape index (κ3) is 2.92. The highest BCUT2D eigenvalue weighted by atomic mass is 19.1. The van der Waals surface area contributed by atoms with E-state index < -0.39 is 10.7 Å². The third-order valence-electron chi connectivity index (χ3n) is 2.83. The Morgan fingerprint density at radius 1 is 1.30 bits per heavy atom. The Bertz CT molecular complexity index is 642. The topological polar surface area (TPSA) is 78.4 Å². The summed E-state index contributed by atoms with van der Waals surface area (Å²) in [6.45, 7) is 1.94. The highest BCUT2D eigenvalue weighted by Gasteiger charge is 2.16. The Morgan fingerprint density at radius 3 is 2.50 bits per heavy atom. The van der Waals surface area contributed by atoms with Gasteiger partial charge in [-0.2, -0.15) is 0 Å². The Balaban J connectivity index is 2.29. The van der Waals surface area contributed by atoms with E-state index in [0.29, 0.717) is 17.9 Å². The van der Waals surface area contributed by atoms with Gasteiger partial charge in [-0.1, -0.05) is 12.1 Å². The molecule has 0 aromatic heterocycles. The molecule has 2 rings (SSSR count). The van der Waals surface area contributed by atoms with Gasteiger partial charge in [0.1, 0.15) is 5.75 Å². The normalized spacial score (nSPS) is 10.3. The SMILES string of the molecule is Cc1cc(Oc2ccc(CN)cc2)c(F)cc1[N+](=O)[O-]. The minimum Gasteiger partial charge on any atom is -0.454 e. The van der Waals surface area contributed by atoms with E-state index in [1.54, 1.807) is 24.3 Å². The van der Waals surface area contributed by atoms with Crippen LogP contribution in [0, 0.1) is 22.9 Å². The summed E-state index contributed by atoms with van der Waals surface area (Å²) in [6.07, 6.45) is 0. The predicted molar refractivity (Wildman–Crippen MR) is 72.2 cm³/mol. The minimum atomic E-state index is -0.773. The largest absolute Gasteiger partial charge is 0.454 e. The molecule has 2 N–H and O–H groups in total. The first-order valence-corrected chi connectivity index (χ1v) is 5.92. The van der Waals surface area contributed by atoms with Gasteiger partial charge in [-0.05, 0) is 30.7 Å². The molecule has 2 aromatic rings. The van der Waals surface area contributed by atoms with Gasteiger partial charge in [-0.15, -0.1) is 0 Å². The van der Waals surface area contributed by atoms with Crippen molar-refractivity contribution in [1.82, 2.24) is 0 Å². The monoisotopic (exact) mass is 276 g/mol. The fraction of sp³-hybridized carbons (Fsp3) is 0.143. The van der Waals surface area contributed by atoms with E-state index in [4.69, 9.17) is 10.5 Å². The lowest BCUT2D eigenvalue weighted by atomic mass is 10.2. The van der Waals surface area contributed by atoms with Crippen LogP contribution in [0.5, 0.6) is 11.5 Å². The van der Waals surface area contributed by atoms with Crippen molar-refractivity contribution in [2.45, 2.75) is 13.5 Å². The standard InChI is InChI=1S/C14H13FN2O3/c1-9-6-14(12(15)7-13(9)17(18)19)20-11-4-2-10(8-16)3-5-11/h2-7H,8,16H2,1H3. The van der Waals surface area contributed by atoms with Crippen LogP contribution in [-0.4, -0.2) is 4.92 Å². The van der Waals surface area contributed by atoms with Crippen LogP contribution in [0.1, 0.15) is 11.1 Å². The molecule has 6 heteroatoms. The van der Waals surface area contributed by atoms with E-state index in [-0.39, 0.29) is 11.4 Å². The van der Waals surface area contributed by atoms with Gasteiger partial charge in [0.15, 0.2) is 11.6 Å². The second kappa shape index (κ2) is 5.66. The minimum absolute atomic E-state index is 0.0476. The second-order valence-electron chi connectivity index (χ2n) is 4.28. The molecule has 0 saturated heterocycles. The lowest BCUT2D eigenvalue weighted by Gasteiger charge is -2.08. The molecule has 0 spiro atoms. The summed E-state index contributed by atoms with van der Waals surface area (Å²) in [4.78, 5) is 10.1. The number of benzene rings is 2. The molecular weight excluding hydrogens is 263 g/mol. The second-order valence-corrected chi connectivity index (χ2v) is 4.28. The maximum absolute atomic E-state index is 13.8. The van der Waals surface area contributed by atoms with Crippen molar-refractivity contribution >= 4 is 5.69 Å². The van der Waals surface area contributed by atoms with Gasteiger partial charge in [0, 0.05) is 12.1 Å². The molecule has 0 unspecified atom stereocenters. The summed E-state index contributed by atoms with van der Waals surface area (Å²) in [6, 6.07) is 9.04. The Kier molecular flexibility index (Phi) is 3.95. The number of aryl methyl sites for hydroxylation is 1. The van der Waals surface area contributed by atoms with Crippen LogP contribution in [0.3, 0.4) is 0 Å². The van der Waals surface area contributed by atoms with Crippen LogP contribution < -0.4 is 10.5 Å². The molecule has 2 aromatic carbocycles. The number of ether oxygens (including phenoxy) is 1. The first kappa shape index (κ1) is 14.0. The van der Waals surface area contributed by atoms with Gasteiger partial charge in [0.2, 0.25) is 0 Å². The van der Waals surface area contributed by atoms with Crippen molar-refractivity contribution in [3.63, 3.8) is 0 Å². The van der Waals surface area contributed by atoms with Crippen molar-refractivity contribution in [2.75, 3.05) is 0 Å². The molecule has 0 saturated carbocycles. The van der Waals surface area contributed by atoms with Crippen LogP contribution in [0.4, 0.5) is 10.1 Å². The molecule has 0 aliphatic carbocycles. The highest BCUT2D eigenvalue weighted by Crippen LogP contribution is 2.30. The fourth-order valence-corrected chi connectivity index (χ4v) is 1.74. The predicted octanol–water partition coefficient (Wildman–Crippen LogP) is 3.29. The van der Waals surface area contributed by atoms with E-state index in [1.165, 1.54) is 13.0 Å². The lowest BCUT2D eigenvalue weighted by molar-refractivity contribution is -0.385. The van der Waals surface area contributed by atoms with Crippen molar-refractivity contribution in [1.29, 1.82) is 0 Å². The Morgan fingerprint density at radius 2 is 1.95 bits per heavy atom. The van der Waals surface area contributed by atoms with Gasteiger partial charge in [-0.3, -0.25) is 10.1 Å². The maximum Gasteiger partial charge on any atom is 0.275 e. The molecule has 0 aliphatic rings. The highest BCUT2D eigenvalue weighted by molar-refractivity contribution is 5.46. The van der Waals surface area contributed by atoms with Crippen molar-refractivity contribution < 1.29 is 14.1 Å². The number of nitrogens with two attached hydrogens (primary N) is 1. The molecule has 0 aliphatic heterocycles. The summed E-state index contributed by atoms with van der Waals surface area (Å²) in [5.74, 6) is -0.381. The number of halogens is 1. The van der Waals surface area contributed by atoms with Gasteiger partial charge in [0.25, 0.3) is 5.69 Å².